The van der Waals surface area contributed by atoms with E-state index in [0.29, 0.717) is 0 Å². The van der Waals surface area contributed by atoms with Crippen molar-refractivity contribution in [2.24, 2.45) is 5.92 Å². The maximum Gasteiger partial charge on any atom is 0.303 e. The highest BCUT2D eigenvalue weighted by Gasteiger charge is 1.99. The van der Waals surface area contributed by atoms with E-state index in [-0.39, 0.29) is 12.3 Å². The van der Waals surface area contributed by atoms with Crippen LogP contribution in [0.4, 0.5) is 0 Å². The lowest BCUT2D eigenvalue weighted by Crippen LogP contribution is -1.94. The molecule has 0 aliphatic carbocycles. The Balaban J connectivity index is 3.07. The minimum absolute atomic E-state index is 0.161. The Kier molecular flexibility index (Phi) is 7.92. The molecule has 1 N–H and O–H groups in total. The molecule has 0 fully saturated rings. The second kappa shape index (κ2) is 8.55. The van der Waals surface area contributed by atoms with Crippen LogP contribution in [0.3, 0.4) is 0 Å². The number of hydrogen-bond donors (Lipinski definition) is 1. The number of unbranched alkanes of at least 4 members (excludes halogenated alkanes) is 4. The van der Waals surface area contributed by atoms with Crippen LogP contribution in [0.25, 0.3) is 0 Å². The maximum absolute atomic E-state index is 10.2. The number of carboxylic acids is 1. The lowest BCUT2D eigenvalue weighted by Gasteiger charge is -2.01. The Labute approximate surface area is 85.7 Å². The van der Waals surface area contributed by atoms with Crippen molar-refractivity contribution in [2.45, 2.75) is 51.9 Å². The van der Waals surface area contributed by atoms with Crippen molar-refractivity contribution < 1.29 is 9.90 Å². The van der Waals surface area contributed by atoms with Crippen molar-refractivity contribution in [3.05, 3.63) is 0 Å². The van der Waals surface area contributed by atoms with E-state index in [0.717, 1.165) is 38.5 Å². The topological polar surface area (TPSA) is 61.1 Å². The van der Waals surface area contributed by atoms with Crippen LogP contribution in [0.1, 0.15) is 51.9 Å². The van der Waals surface area contributed by atoms with Gasteiger partial charge in [-0.25, -0.2) is 0 Å². The van der Waals surface area contributed by atoms with Gasteiger partial charge in [-0.3, -0.25) is 4.79 Å². The molecule has 0 aromatic carbocycles. The van der Waals surface area contributed by atoms with E-state index in [4.69, 9.17) is 10.4 Å². The monoisotopic (exact) mass is 197 g/mol. The van der Waals surface area contributed by atoms with Gasteiger partial charge >= 0.3 is 5.97 Å². The fraction of sp³-hybridized carbons (Fsp3) is 0.818. The summed E-state index contributed by atoms with van der Waals surface area (Å²) in [5.74, 6) is -0.544. The van der Waals surface area contributed by atoms with Crippen LogP contribution in [-0.4, -0.2) is 11.1 Å². The summed E-state index contributed by atoms with van der Waals surface area (Å²) in [6.45, 7) is 1.93. The van der Waals surface area contributed by atoms with Crippen LogP contribution < -0.4 is 0 Å². The second-order valence-electron chi connectivity index (χ2n) is 3.73. The highest BCUT2D eigenvalue weighted by atomic mass is 16.4. The molecule has 0 rings (SSSR count). The average Bonchev–Trinajstić information content (AvgIpc) is 2.15. The van der Waals surface area contributed by atoms with E-state index in [9.17, 15) is 4.79 Å². The molecule has 1 atom stereocenters. The van der Waals surface area contributed by atoms with Crippen LogP contribution in [0.15, 0.2) is 0 Å². The third-order valence-electron chi connectivity index (χ3n) is 2.25. The number of aliphatic carboxylic acids is 1. The second-order valence-corrected chi connectivity index (χ2v) is 3.73. The van der Waals surface area contributed by atoms with Gasteiger partial charge in [-0.05, 0) is 19.8 Å². The predicted octanol–water partition coefficient (Wildman–Crippen LogP) is 2.96. The highest BCUT2D eigenvalue weighted by molar-refractivity contribution is 5.66. The summed E-state index contributed by atoms with van der Waals surface area (Å²) >= 11 is 0. The first-order valence-corrected chi connectivity index (χ1v) is 5.28. The molecule has 0 spiro atoms. The van der Waals surface area contributed by atoms with Gasteiger partial charge in [0.2, 0.25) is 0 Å². The van der Waals surface area contributed by atoms with Gasteiger partial charge in [0.25, 0.3) is 0 Å². The molecule has 0 aliphatic heterocycles. The van der Waals surface area contributed by atoms with Gasteiger partial charge < -0.3 is 5.11 Å². The molecule has 3 nitrogen and oxygen atoms in total. The molecule has 0 saturated carbocycles. The summed E-state index contributed by atoms with van der Waals surface area (Å²) in [4.78, 5) is 10.2. The molecule has 0 saturated heterocycles. The lowest BCUT2D eigenvalue weighted by atomic mass is 10.0. The Hall–Kier alpha value is -1.04. The lowest BCUT2D eigenvalue weighted by molar-refractivity contribution is -0.137. The smallest absolute Gasteiger partial charge is 0.303 e. The molecular formula is C11H19NO2. The zero-order chi connectivity index (χ0) is 10.8. The Bertz CT molecular complexity index is 196. The number of carboxylic acid groups (broad SMARTS) is 1. The highest BCUT2D eigenvalue weighted by Crippen LogP contribution is 2.11. The molecule has 0 aromatic heterocycles. The van der Waals surface area contributed by atoms with Gasteiger partial charge in [0.1, 0.15) is 0 Å². The Morgan fingerprint density at radius 1 is 1.29 bits per heavy atom. The molecule has 0 unspecified atom stereocenters. The van der Waals surface area contributed by atoms with Crippen LogP contribution >= 0.6 is 0 Å². The first-order valence-electron chi connectivity index (χ1n) is 5.28. The minimum Gasteiger partial charge on any atom is -0.481 e. The quantitative estimate of drug-likeness (QED) is 0.608. The van der Waals surface area contributed by atoms with E-state index >= 15 is 0 Å². The number of hydrogen-bond acceptors (Lipinski definition) is 2. The zero-order valence-corrected chi connectivity index (χ0v) is 8.83. The summed E-state index contributed by atoms with van der Waals surface area (Å²) in [6, 6.07) is 2.20. The van der Waals surface area contributed by atoms with E-state index in [2.05, 4.69) is 6.07 Å². The van der Waals surface area contributed by atoms with Crippen LogP contribution in [0.5, 0.6) is 0 Å². The predicted molar refractivity (Wildman–Crippen MR) is 54.7 cm³/mol. The van der Waals surface area contributed by atoms with E-state index in [1.807, 2.05) is 6.92 Å². The van der Waals surface area contributed by atoms with Crippen LogP contribution in [0.2, 0.25) is 0 Å². The number of nitriles is 1. The number of rotatable bonds is 8. The normalized spacial score (nSPS) is 12.0. The standard InChI is InChI=1S/C11H19NO2/c1-10(9-12)7-5-3-2-4-6-8-11(13)14/h10H,2-8H2,1H3,(H,13,14)/t10-/m1/s1. The third kappa shape index (κ3) is 9.05. The fourth-order valence-electron chi connectivity index (χ4n) is 1.32. The average molecular weight is 197 g/mol. The first-order chi connectivity index (χ1) is 6.66. The van der Waals surface area contributed by atoms with Crippen LogP contribution in [0, 0.1) is 17.2 Å². The van der Waals surface area contributed by atoms with Crippen molar-refractivity contribution in [3.63, 3.8) is 0 Å². The molecule has 14 heavy (non-hydrogen) atoms. The fourth-order valence-corrected chi connectivity index (χ4v) is 1.32. The summed E-state index contributed by atoms with van der Waals surface area (Å²) in [5, 5.41) is 16.9. The summed E-state index contributed by atoms with van der Waals surface area (Å²) < 4.78 is 0. The first kappa shape index (κ1) is 13.0. The van der Waals surface area contributed by atoms with Gasteiger partial charge in [0, 0.05) is 12.3 Å². The number of nitrogens with zero attached hydrogens (tertiary/aromatic N) is 1. The molecule has 0 aromatic rings. The molecule has 0 radical (unpaired) electrons. The largest absolute Gasteiger partial charge is 0.481 e. The van der Waals surface area contributed by atoms with Gasteiger partial charge in [-0.15, -0.1) is 0 Å². The van der Waals surface area contributed by atoms with Crippen molar-refractivity contribution in [3.8, 4) is 6.07 Å². The molecule has 0 amide bonds. The Morgan fingerprint density at radius 3 is 2.43 bits per heavy atom. The third-order valence-corrected chi connectivity index (χ3v) is 2.25. The van der Waals surface area contributed by atoms with Crippen LogP contribution in [-0.2, 0) is 4.79 Å². The van der Waals surface area contributed by atoms with Gasteiger partial charge in [0.05, 0.1) is 6.07 Å². The summed E-state index contributed by atoms with van der Waals surface area (Å²) in [5.41, 5.74) is 0. The molecule has 3 heteroatoms. The van der Waals surface area contributed by atoms with E-state index < -0.39 is 5.97 Å². The minimum atomic E-state index is -0.705. The summed E-state index contributed by atoms with van der Waals surface area (Å²) in [6.07, 6.45) is 6.32. The SMILES string of the molecule is C[C@@H](C#N)CCCCCCCC(=O)O. The maximum atomic E-state index is 10.2. The van der Waals surface area contributed by atoms with Gasteiger partial charge in [-0.2, -0.15) is 5.26 Å². The van der Waals surface area contributed by atoms with Crippen molar-refractivity contribution >= 4 is 5.97 Å². The van der Waals surface area contributed by atoms with Gasteiger partial charge in [-0.1, -0.05) is 25.7 Å². The van der Waals surface area contributed by atoms with E-state index in [1.165, 1.54) is 0 Å². The van der Waals surface area contributed by atoms with Gasteiger partial charge in [0.15, 0.2) is 0 Å². The van der Waals surface area contributed by atoms with E-state index in [1.54, 1.807) is 0 Å². The molecular weight excluding hydrogens is 178 g/mol. The van der Waals surface area contributed by atoms with Crippen molar-refractivity contribution in [1.29, 1.82) is 5.26 Å². The molecule has 0 aliphatic rings. The molecule has 0 bridgehead atoms. The zero-order valence-electron chi connectivity index (χ0n) is 8.83. The number of carbonyl (C=O) groups is 1. The van der Waals surface area contributed by atoms with Crippen molar-refractivity contribution in [2.75, 3.05) is 0 Å². The molecule has 0 heterocycles. The van der Waals surface area contributed by atoms with Crippen molar-refractivity contribution in [1.82, 2.24) is 0 Å². The molecule has 80 valence electrons. The Morgan fingerprint density at radius 2 is 1.86 bits per heavy atom. The summed E-state index contributed by atoms with van der Waals surface area (Å²) in [7, 11) is 0.